The predicted octanol–water partition coefficient (Wildman–Crippen LogP) is 2.10. The van der Waals surface area contributed by atoms with Crippen molar-refractivity contribution >= 4 is 0 Å². The van der Waals surface area contributed by atoms with E-state index in [9.17, 15) is 0 Å². The molecular formula is C13H25NO2. The molecule has 2 aliphatic rings. The first kappa shape index (κ1) is 12.3. The molecule has 94 valence electrons. The molecule has 0 amide bonds. The summed E-state index contributed by atoms with van der Waals surface area (Å²) in [5.74, 6) is 0. The Morgan fingerprint density at radius 3 is 2.69 bits per heavy atom. The Morgan fingerprint density at radius 2 is 2.00 bits per heavy atom. The van der Waals surface area contributed by atoms with Gasteiger partial charge in [-0.05, 0) is 45.4 Å². The van der Waals surface area contributed by atoms with Crippen LogP contribution in [0, 0.1) is 0 Å². The Kier molecular flexibility index (Phi) is 5.07. The van der Waals surface area contributed by atoms with Crippen molar-refractivity contribution in [2.75, 3.05) is 19.8 Å². The Hall–Kier alpha value is -0.120. The van der Waals surface area contributed by atoms with E-state index in [4.69, 9.17) is 9.47 Å². The zero-order valence-electron chi connectivity index (χ0n) is 10.4. The highest BCUT2D eigenvalue weighted by molar-refractivity contribution is 4.75. The maximum absolute atomic E-state index is 5.65. The summed E-state index contributed by atoms with van der Waals surface area (Å²) in [6.07, 6.45) is 7.86. The van der Waals surface area contributed by atoms with Gasteiger partial charge in [0.25, 0.3) is 0 Å². The van der Waals surface area contributed by atoms with Gasteiger partial charge in [-0.1, -0.05) is 0 Å². The molecule has 16 heavy (non-hydrogen) atoms. The van der Waals surface area contributed by atoms with Gasteiger partial charge in [-0.2, -0.15) is 0 Å². The highest BCUT2D eigenvalue weighted by atomic mass is 16.5. The fourth-order valence-electron chi connectivity index (χ4n) is 2.66. The molecule has 2 saturated heterocycles. The number of hydrogen-bond acceptors (Lipinski definition) is 3. The molecule has 2 heterocycles. The molecule has 2 atom stereocenters. The highest BCUT2D eigenvalue weighted by Gasteiger charge is 2.19. The fourth-order valence-corrected chi connectivity index (χ4v) is 2.66. The topological polar surface area (TPSA) is 30.5 Å². The summed E-state index contributed by atoms with van der Waals surface area (Å²) >= 11 is 0. The van der Waals surface area contributed by atoms with Gasteiger partial charge in [-0.15, -0.1) is 0 Å². The quantitative estimate of drug-likeness (QED) is 0.780. The minimum Gasteiger partial charge on any atom is -0.381 e. The molecule has 2 rings (SSSR count). The lowest BCUT2D eigenvalue weighted by Gasteiger charge is -2.27. The summed E-state index contributed by atoms with van der Waals surface area (Å²) in [5.41, 5.74) is 0. The minimum atomic E-state index is 0.541. The van der Waals surface area contributed by atoms with E-state index in [-0.39, 0.29) is 0 Å². The SMILES string of the molecule is CC(CCC1CCCO1)NC1CCOCC1. The molecule has 3 heteroatoms. The van der Waals surface area contributed by atoms with E-state index in [0.717, 1.165) is 19.8 Å². The molecule has 0 saturated carbocycles. The zero-order valence-corrected chi connectivity index (χ0v) is 10.4. The first-order chi connectivity index (χ1) is 7.84. The van der Waals surface area contributed by atoms with Gasteiger partial charge in [0, 0.05) is 31.9 Å². The molecule has 2 aliphatic heterocycles. The van der Waals surface area contributed by atoms with E-state index < -0.39 is 0 Å². The normalized spacial score (nSPS) is 29.4. The van der Waals surface area contributed by atoms with Gasteiger partial charge in [0.05, 0.1) is 6.10 Å². The molecule has 1 N–H and O–H groups in total. The molecule has 2 unspecified atom stereocenters. The standard InChI is InChI=1S/C13H25NO2/c1-11(4-5-13-3-2-8-16-13)14-12-6-9-15-10-7-12/h11-14H,2-10H2,1H3. The Balaban J connectivity index is 1.57. The average molecular weight is 227 g/mol. The molecule has 0 aromatic carbocycles. The third kappa shape index (κ3) is 4.04. The molecular weight excluding hydrogens is 202 g/mol. The van der Waals surface area contributed by atoms with E-state index in [1.807, 2.05) is 0 Å². The average Bonchev–Trinajstić information content (AvgIpc) is 2.81. The second-order valence-corrected chi connectivity index (χ2v) is 5.17. The minimum absolute atomic E-state index is 0.541. The van der Waals surface area contributed by atoms with Crippen molar-refractivity contribution in [3.8, 4) is 0 Å². The van der Waals surface area contributed by atoms with Crippen molar-refractivity contribution < 1.29 is 9.47 Å². The summed E-state index contributed by atoms with van der Waals surface area (Å²) < 4.78 is 11.0. The van der Waals surface area contributed by atoms with Gasteiger partial charge in [-0.3, -0.25) is 0 Å². The van der Waals surface area contributed by atoms with Crippen molar-refractivity contribution in [3.05, 3.63) is 0 Å². The molecule has 3 nitrogen and oxygen atoms in total. The van der Waals surface area contributed by atoms with Crippen LogP contribution in [0.1, 0.15) is 45.4 Å². The first-order valence-corrected chi connectivity index (χ1v) is 6.80. The smallest absolute Gasteiger partial charge is 0.0576 e. The summed E-state index contributed by atoms with van der Waals surface area (Å²) in [4.78, 5) is 0. The summed E-state index contributed by atoms with van der Waals surface area (Å²) in [7, 11) is 0. The van der Waals surface area contributed by atoms with E-state index in [2.05, 4.69) is 12.2 Å². The lowest BCUT2D eigenvalue weighted by molar-refractivity contribution is 0.0725. The van der Waals surface area contributed by atoms with Crippen molar-refractivity contribution in [2.45, 2.75) is 63.6 Å². The number of ether oxygens (including phenoxy) is 2. The van der Waals surface area contributed by atoms with Gasteiger partial charge in [0.1, 0.15) is 0 Å². The van der Waals surface area contributed by atoms with Crippen molar-refractivity contribution in [1.29, 1.82) is 0 Å². The van der Waals surface area contributed by atoms with Crippen LogP contribution >= 0.6 is 0 Å². The van der Waals surface area contributed by atoms with E-state index in [1.165, 1.54) is 38.5 Å². The molecule has 0 aromatic heterocycles. The second-order valence-electron chi connectivity index (χ2n) is 5.17. The first-order valence-electron chi connectivity index (χ1n) is 6.80. The molecule has 0 aromatic rings. The van der Waals surface area contributed by atoms with Crippen molar-refractivity contribution in [1.82, 2.24) is 5.32 Å². The molecule has 0 radical (unpaired) electrons. The van der Waals surface area contributed by atoms with Crippen LogP contribution in [0.15, 0.2) is 0 Å². The number of hydrogen-bond donors (Lipinski definition) is 1. The molecule has 0 aliphatic carbocycles. The van der Waals surface area contributed by atoms with Crippen LogP contribution in [-0.4, -0.2) is 38.0 Å². The number of nitrogens with one attached hydrogen (secondary N) is 1. The second kappa shape index (κ2) is 6.58. The number of rotatable bonds is 5. The van der Waals surface area contributed by atoms with Gasteiger partial charge in [0.2, 0.25) is 0 Å². The fraction of sp³-hybridized carbons (Fsp3) is 1.00. The maximum atomic E-state index is 5.65. The Labute approximate surface area is 98.9 Å². The van der Waals surface area contributed by atoms with Crippen LogP contribution in [0.2, 0.25) is 0 Å². The lowest BCUT2D eigenvalue weighted by Crippen LogP contribution is -2.40. The lowest BCUT2D eigenvalue weighted by atomic mass is 10.0. The van der Waals surface area contributed by atoms with Crippen LogP contribution in [0.5, 0.6) is 0 Å². The summed E-state index contributed by atoms with van der Waals surface area (Å²) in [5, 5.41) is 3.71. The van der Waals surface area contributed by atoms with Crippen molar-refractivity contribution in [2.24, 2.45) is 0 Å². The maximum Gasteiger partial charge on any atom is 0.0576 e. The van der Waals surface area contributed by atoms with E-state index in [0.29, 0.717) is 18.2 Å². The molecule has 0 bridgehead atoms. The third-order valence-corrected chi connectivity index (χ3v) is 3.69. The zero-order chi connectivity index (χ0) is 11.2. The monoisotopic (exact) mass is 227 g/mol. The summed E-state index contributed by atoms with van der Waals surface area (Å²) in [6.45, 7) is 5.13. The van der Waals surface area contributed by atoms with Crippen LogP contribution in [0.4, 0.5) is 0 Å². The van der Waals surface area contributed by atoms with E-state index in [1.54, 1.807) is 0 Å². The van der Waals surface area contributed by atoms with Crippen LogP contribution in [0.3, 0.4) is 0 Å². The van der Waals surface area contributed by atoms with Crippen LogP contribution in [-0.2, 0) is 9.47 Å². The highest BCUT2D eigenvalue weighted by Crippen LogP contribution is 2.18. The third-order valence-electron chi connectivity index (χ3n) is 3.69. The van der Waals surface area contributed by atoms with Gasteiger partial charge in [0.15, 0.2) is 0 Å². The van der Waals surface area contributed by atoms with Crippen LogP contribution in [0.25, 0.3) is 0 Å². The molecule has 0 spiro atoms. The van der Waals surface area contributed by atoms with Gasteiger partial charge in [-0.25, -0.2) is 0 Å². The largest absolute Gasteiger partial charge is 0.381 e. The van der Waals surface area contributed by atoms with Gasteiger partial charge >= 0.3 is 0 Å². The van der Waals surface area contributed by atoms with Crippen LogP contribution < -0.4 is 5.32 Å². The van der Waals surface area contributed by atoms with Crippen molar-refractivity contribution in [3.63, 3.8) is 0 Å². The van der Waals surface area contributed by atoms with Gasteiger partial charge < -0.3 is 14.8 Å². The molecule has 2 fully saturated rings. The van der Waals surface area contributed by atoms with E-state index >= 15 is 0 Å². The summed E-state index contributed by atoms with van der Waals surface area (Å²) in [6, 6.07) is 1.29. The Bertz CT molecular complexity index is 186. The Morgan fingerprint density at radius 1 is 1.19 bits per heavy atom. The predicted molar refractivity (Wildman–Crippen MR) is 64.6 cm³/mol.